The largest absolute Gasteiger partial charge is 0.464 e. The van der Waals surface area contributed by atoms with Gasteiger partial charge in [0.15, 0.2) is 0 Å². The number of hydrogen-bond donors (Lipinski definition) is 1. The van der Waals surface area contributed by atoms with Crippen molar-refractivity contribution in [1.82, 2.24) is 10.2 Å². The zero-order valence-corrected chi connectivity index (χ0v) is 14.5. The molecule has 0 radical (unpaired) electrons. The Morgan fingerprint density at radius 3 is 2.81 bits per heavy atom. The molecule has 1 aliphatic heterocycles. The van der Waals surface area contributed by atoms with E-state index in [9.17, 15) is 22.8 Å². The summed E-state index contributed by atoms with van der Waals surface area (Å²) in [5.41, 5.74) is 1.51. The van der Waals surface area contributed by atoms with Gasteiger partial charge in [0.25, 0.3) is 0 Å². The number of carbonyl (C=O) groups excluding carboxylic acids is 2. The molecule has 0 saturated heterocycles. The molecular formula is C16H11F3N4O3S. The Kier molecular flexibility index (Phi) is 3.91. The van der Waals surface area contributed by atoms with Crippen molar-refractivity contribution in [1.29, 1.82) is 0 Å². The fourth-order valence-electron chi connectivity index (χ4n) is 3.03. The van der Waals surface area contributed by atoms with Crippen molar-refractivity contribution in [3.63, 3.8) is 0 Å². The van der Waals surface area contributed by atoms with E-state index in [4.69, 9.17) is 4.42 Å². The molecule has 2 aromatic heterocycles. The molecule has 140 valence electrons. The number of nitrogens with one attached hydrogen (secondary N) is 1. The third-order valence-corrected chi connectivity index (χ3v) is 5.08. The summed E-state index contributed by atoms with van der Waals surface area (Å²) in [7, 11) is 0. The van der Waals surface area contributed by atoms with Crippen LogP contribution in [0.25, 0.3) is 11.0 Å². The summed E-state index contributed by atoms with van der Waals surface area (Å²) in [5.74, 6) is -2.43. The molecule has 3 aromatic rings. The second-order valence-electron chi connectivity index (χ2n) is 5.78. The van der Waals surface area contributed by atoms with E-state index in [1.807, 2.05) is 0 Å². The van der Waals surface area contributed by atoms with Crippen LogP contribution in [0.15, 0.2) is 28.9 Å². The SMILES string of the molecule is CCN1C(=O)C(C(=O)Nc2nnc(C(F)(F)F)s2)c2cc3occc3cc21. The second kappa shape index (κ2) is 6.05. The first kappa shape index (κ1) is 17.5. The quantitative estimate of drug-likeness (QED) is 0.686. The molecule has 11 heteroatoms. The summed E-state index contributed by atoms with van der Waals surface area (Å²) in [4.78, 5) is 26.8. The fourth-order valence-corrected chi connectivity index (χ4v) is 3.64. The van der Waals surface area contributed by atoms with E-state index in [2.05, 4.69) is 15.5 Å². The predicted molar refractivity (Wildman–Crippen MR) is 90.5 cm³/mol. The first-order valence-electron chi connectivity index (χ1n) is 7.83. The molecule has 1 aliphatic rings. The van der Waals surface area contributed by atoms with Crippen molar-refractivity contribution in [2.45, 2.75) is 19.0 Å². The number of aromatic nitrogens is 2. The number of carbonyl (C=O) groups is 2. The molecule has 1 unspecified atom stereocenters. The van der Waals surface area contributed by atoms with Gasteiger partial charge in [-0.15, -0.1) is 10.2 Å². The molecule has 0 fully saturated rings. The molecule has 3 heterocycles. The summed E-state index contributed by atoms with van der Waals surface area (Å²) >= 11 is 0.197. The number of halogens is 3. The number of benzene rings is 1. The standard InChI is InChI=1S/C16H11F3N4O3S/c1-2-23-9-5-7-3-4-26-10(7)6-8(9)11(13(23)25)12(24)20-15-22-21-14(27-15)16(17,18)19/h3-6,11H,2H2,1H3,(H,20,22,24). The Balaban J connectivity index is 1.68. The van der Waals surface area contributed by atoms with Crippen molar-refractivity contribution in [2.24, 2.45) is 0 Å². The average Bonchev–Trinajstić information content (AvgIpc) is 3.28. The third-order valence-electron chi connectivity index (χ3n) is 4.19. The van der Waals surface area contributed by atoms with E-state index in [-0.39, 0.29) is 16.5 Å². The normalized spacial score (nSPS) is 16.8. The molecule has 2 amide bonds. The number of anilines is 2. The number of furan rings is 1. The number of amides is 2. The molecule has 27 heavy (non-hydrogen) atoms. The van der Waals surface area contributed by atoms with Crippen LogP contribution in [0.1, 0.15) is 23.4 Å². The topological polar surface area (TPSA) is 88.3 Å². The minimum absolute atomic E-state index is 0.197. The number of hydrogen-bond acceptors (Lipinski definition) is 6. The van der Waals surface area contributed by atoms with E-state index in [1.54, 1.807) is 25.1 Å². The maximum Gasteiger partial charge on any atom is 0.445 e. The van der Waals surface area contributed by atoms with Crippen LogP contribution in [0.3, 0.4) is 0 Å². The number of nitrogens with zero attached hydrogens (tertiary/aromatic N) is 3. The Hall–Kier alpha value is -2.95. The predicted octanol–water partition coefficient (Wildman–Crippen LogP) is 3.39. The number of alkyl halides is 3. The Morgan fingerprint density at radius 1 is 1.37 bits per heavy atom. The highest BCUT2D eigenvalue weighted by molar-refractivity contribution is 7.15. The minimum Gasteiger partial charge on any atom is -0.464 e. The smallest absolute Gasteiger partial charge is 0.445 e. The van der Waals surface area contributed by atoms with E-state index < -0.39 is 28.9 Å². The Morgan fingerprint density at radius 2 is 2.15 bits per heavy atom. The summed E-state index contributed by atoms with van der Waals surface area (Å²) in [6.45, 7) is 2.11. The zero-order valence-electron chi connectivity index (χ0n) is 13.7. The van der Waals surface area contributed by atoms with Gasteiger partial charge in [0.1, 0.15) is 11.5 Å². The molecule has 1 atom stereocenters. The molecule has 0 aliphatic carbocycles. The van der Waals surface area contributed by atoms with Crippen molar-refractivity contribution in [3.05, 3.63) is 35.0 Å². The minimum atomic E-state index is -4.65. The molecule has 0 saturated carbocycles. The van der Waals surface area contributed by atoms with Gasteiger partial charge in [-0.3, -0.25) is 14.9 Å². The van der Waals surface area contributed by atoms with E-state index in [0.29, 0.717) is 23.4 Å². The lowest BCUT2D eigenvalue weighted by molar-refractivity contribution is -0.138. The van der Waals surface area contributed by atoms with Crippen LogP contribution < -0.4 is 10.2 Å². The summed E-state index contributed by atoms with van der Waals surface area (Å²) in [6.07, 6.45) is -3.16. The van der Waals surface area contributed by atoms with Crippen molar-refractivity contribution in [2.75, 3.05) is 16.8 Å². The number of fused-ring (bicyclic) bond motifs is 2. The van der Waals surface area contributed by atoms with Gasteiger partial charge in [0.05, 0.1) is 6.26 Å². The lowest BCUT2D eigenvalue weighted by Crippen LogP contribution is -2.33. The van der Waals surface area contributed by atoms with E-state index in [1.165, 1.54) is 11.2 Å². The first-order valence-corrected chi connectivity index (χ1v) is 8.65. The summed E-state index contributed by atoms with van der Waals surface area (Å²) in [6, 6.07) is 5.08. The maximum atomic E-state index is 12.7. The molecular weight excluding hydrogens is 385 g/mol. The Bertz CT molecular complexity index is 1060. The van der Waals surface area contributed by atoms with Crippen molar-refractivity contribution in [3.8, 4) is 0 Å². The highest BCUT2D eigenvalue weighted by Gasteiger charge is 2.42. The first-order chi connectivity index (χ1) is 12.8. The van der Waals surface area contributed by atoms with Crippen LogP contribution in [0.2, 0.25) is 0 Å². The third kappa shape index (κ3) is 2.83. The zero-order chi connectivity index (χ0) is 19.3. The van der Waals surface area contributed by atoms with Gasteiger partial charge in [0, 0.05) is 23.2 Å². The van der Waals surface area contributed by atoms with Gasteiger partial charge in [0.2, 0.25) is 22.0 Å². The number of rotatable bonds is 3. The van der Waals surface area contributed by atoms with Gasteiger partial charge in [-0.1, -0.05) is 11.3 Å². The summed E-state index contributed by atoms with van der Waals surface area (Å²) < 4.78 is 43.2. The van der Waals surface area contributed by atoms with Crippen molar-refractivity contribution >= 4 is 44.9 Å². The highest BCUT2D eigenvalue weighted by Crippen LogP contribution is 2.41. The van der Waals surface area contributed by atoms with Crippen LogP contribution in [0.5, 0.6) is 0 Å². The van der Waals surface area contributed by atoms with E-state index in [0.717, 1.165) is 5.39 Å². The van der Waals surface area contributed by atoms with E-state index >= 15 is 0 Å². The van der Waals surface area contributed by atoms with Crippen LogP contribution in [-0.2, 0) is 15.8 Å². The molecule has 0 spiro atoms. The second-order valence-corrected chi connectivity index (χ2v) is 6.76. The lowest BCUT2D eigenvalue weighted by Gasteiger charge is -2.14. The van der Waals surface area contributed by atoms with Crippen LogP contribution >= 0.6 is 11.3 Å². The average molecular weight is 396 g/mol. The van der Waals surface area contributed by atoms with Crippen LogP contribution in [-0.4, -0.2) is 28.6 Å². The van der Waals surface area contributed by atoms with Gasteiger partial charge in [-0.2, -0.15) is 13.2 Å². The Labute approximate surface area is 153 Å². The molecule has 1 N–H and O–H groups in total. The fraction of sp³-hybridized carbons (Fsp3) is 0.250. The number of likely N-dealkylation sites (N-methyl/N-ethyl adjacent to an activating group) is 1. The van der Waals surface area contributed by atoms with Gasteiger partial charge >= 0.3 is 6.18 Å². The molecule has 0 bridgehead atoms. The molecule has 1 aromatic carbocycles. The lowest BCUT2D eigenvalue weighted by atomic mass is 9.99. The monoisotopic (exact) mass is 396 g/mol. The highest BCUT2D eigenvalue weighted by atomic mass is 32.1. The van der Waals surface area contributed by atoms with Gasteiger partial charge in [-0.05, 0) is 25.1 Å². The van der Waals surface area contributed by atoms with Gasteiger partial charge < -0.3 is 9.32 Å². The van der Waals surface area contributed by atoms with Gasteiger partial charge in [-0.25, -0.2) is 0 Å². The van der Waals surface area contributed by atoms with Crippen LogP contribution in [0.4, 0.5) is 24.0 Å². The maximum absolute atomic E-state index is 12.7. The molecule has 7 nitrogen and oxygen atoms in total. The van der Waals surface area contributed by atoms with Crippen LogP contribution in [0, 0.1) is 0 Å². The summed E-state index contributed by atoms with van der Waals surface area (Å²) in [5, 5.41) is 7.88. The van der Waals surface area contributed by atoms with Crippen molar-refractivity contribution < 1.29 is 27.2 Å². The molecule has 4 rings (SSSR count).